The molecule has 0 saturated heterocycles. The Balaban J connectivity index is 1.82. The Hall–Kier alpha value is -3.31. The molecule has 0 amide bonds. The molecular weight excluding hydrogens is 428 g/mol. The van der Waals surface area contributed by atoms with Crippen LogP contribution in [0, 0.1) is 0 Å². The lowest BCUT2D eigenvalue weighted by Gasteiger charge is -2.33. The van der Waals surface area contributed by atoms with Gasteiger partial charge in [-0.15, -0.1) is 0 Å². The van der Waals surface area contributed by atoms with Crippen molar-refractivity contribution < 1.29 is 24.1 Å². The smallest absolute Gasteiger partial charge is 0.353 e. The molecule has 180 valence electrons. The van der Waals surface area contributed by atoms with Gasteiger partial charge in [-0.1, -0.05) is 75.4 Å². The number of rotatable bonds is 9. The van der Waals surface area contributed by atoms with E-state index in [1.807, 2.05) is 48.5 Å². The van der Waals surface area contributed by atoms with Crippen molar-refractivity contribution in [3.8, 4) is 11.5 Å². The van der Waals surface area contributed by atoms with E-state index < -0.39 is 17.7 Å². The van der Waals surface area contributed by atoms with Crippen LogP contribution in [0.25, 0.3) is 0 Å². The molecule has 1 N–H and O–H groups in total. The standard InChI is InChI=1S/C29H34O5/c1-6-32-27(31)29(5,34-25-14-10-13-23(19-25)28(2,3)4)26(30)22-15-17-24(18-16-22)33-20-21-11-8-7-9-12-21/h7-19,26,30H,6,20H2,1-5H3. The molecule has 3 rings (SSSR count). The summed E-state index contributed by atoms with van der Waals surface area (Å²) in [6, 6.07) is 24.5. The van der Waals surface area contributed by atoms with Gasteiger partial charge in [0, 0.05) is 0 Å². The lowest BCUT2D eigenvalue weighted by molar-refractivity contribution is -0.171. The van der Waals surface area contributed by atoms with Crippen molar-refractivity contribution >= 4 is 5.97 Å². The first-order valence-corrected chi connectivity index (χ1v) is 11.5. The van der Waals surface area contributed by atoms with E-state index in [0.717, 1.165) is 11.1 Å². The van der Waals surface area contributed by atoms with Crippen molar-refractivity contribution in [3.63, 3.8) is 0 Å². The SMILES string of the molecule is CCOC(=O)C(C)(Oc1cccc(C(C)(C)C)c1)C(O)c1ccc(OCc2ccccc2)cc1. The highest BCUT2D eigenvalue weighted by Crippen LogP contribution is 2.35. The normalized spacial score (nSPS) is 14.1. The van der Waals surface area contributed by atoms with Crippen LogP contribution in [0.1, 0.15) is 57.4 Å². The van der Waals surface area contributed by atoms with Crippen LogP contribution in [0.2, 0.25) is 0 Å². The number of hydrogen-bond acceptors (Lipinski definition) is 5. The van der Waals surface area contributed by atoms with Gasteiger partial charge in [0.05, 0.1) is 6.61 Å². The zero-order valence-electron chi connectivity index (χ0n) is 20.6. The number of ether oxygens (including phenoxy) is 3. The Morgan fingerprint density at radius 2 is 1.56 bits per heavy atom. The number of aliphatic hydroxyl groups is 1. The van der Waals surface area contributed by atoms with Gasteiger partial charge in [-0.25, -0.2) is 4.79 Å². The molecule has 2 unspecified atom stereocenters. The molecule has 0 heterocycles. The third-order valence-electron chi connectivity index (χ3n) is 5.68. The van der Waals surface area contributed by atoms with E-state index in [9.17, 15) is 9.90 Å². The van der Waals surface area contributed by atoms with Crippen LogP contribution in [-0.4, -0.2) is 23.3 Å². The largest absolute Gasteiger partial charge is 0.489 e. The molecule has 0 aliphatic heterocycles. The number of hydrogen-bond donors (Lipinski definition) is 1. The van der Waals surface area contributed by atoms with Gasteiger partial charge in [-0.2, -0.15) is 0 Å². The van der Waals surface area contributed by atoms with Gasteiger partial charge in [0.15, 0.2) is 0 Å². The van der Waals surface area contributed by atoms with Crippen molar-refractivity contribution in [2.45, 2.75) is 58.3 Å². The molecule has 3 aromatic carbocycles. The highest BCUT2D eigenvalue weighted by atomic mass is 16.6. The molecular formula is C29H34O5. The second-order valence-corrected chi connectivity index (χ2v) is 9.45. The monoisotopic (exact) mass is 462 g/mol. The molecule has 0 bridgehead atoms. The minimum Gasteiger partial charge on any atom is -0.489 e. The fraction of sp³-hybridized carbons (Fsp3) is 0.345. The first kappa shape index (κ1) is 25.3. The Morgan fingerprint density at radius 1 is 0.882 bits per heavy atom. The summed E-state index contributed by atoms with van der Waals surface area (Å²) >= 11 is 0. The lowest BCUT2D eigenvalue weighted by Crippen LogP contribution is -2.48. The van der Waals surface area contributed by atoms with Crippen LogP contribution in [0.3, 0.4) is 0 Å². The summed E-state index contributed by atoms with van der Waals surface area (Å²) in [5, 5.41) is 11.3. The minimum absolute atomic E-state index is 0.0894. The topological polar surface area (TPSA) is 65.0 Å². The van der Waals surface area contributed by atoms with Gasteiger partial charge < -0.3 is 19.3 Å². The van der Waals surface area contributed by atoms with Gasteiger partial charge in [0.1, 0.15) is 24.2 Å². The number of esters is 1. The average Bonchev–Trinajstić information content (AvgIpc) is 2.83. The van der Waals surface area contributed by atoms with E-state index in [1.165, 1.54) is 0 Å². The summed E-state index contributed by atoms with van der Waals surface area (Å²) in [5.41, 5.74) is 0.917. The van der Waals surface area contributed by atoms with E-state index in [0.29, 0.717) is 23.7 Å². The van der Waals surface area contributed by atoms with Gasteiger partial charge >= 0.3 is 5.97 Å². The molecule has 0 fully saturated rings. The summed E-state index contributed by atoms with van der Waals surface area (Å²) in [6.07, 6.45) is -1.26. The molecule has 0 radical (unpaired) electrons. The van der Waals surface area contributed by atoms with E-state index in [1.54, 1.807) is 44.2 Å². The minimum atomic E-state index is -1.64. The second-order valence-electron chi connectivity index (χ2n) is 9.45. The molecule has 0 aliphatic carbocycles. The van der Waals surface area contributed by atoms with Crippen LogP contribution < -0.4 is 9.47 Å². The van der Waals surface area contributed by atoms with Crippen LogP contribution in [0.4, 0.5) is 0 Å². The molecule has 5 heteroatoms. The third-order valence-corrected chi connectivity index (χ3v) is 5.68. The predicted octanol–water partition coefficient (Wildman–Crippen LogP) is 6.00. The molecule has 3 aromatic rings. The summed E-state index contributed by atoms with van der Waals surface area (Å²) in [7, 11) is 0. The van der Waals surface area contributed by atoms with Crippen LogP contribution >= 0.6 is 0 Å². The van der Waals surface area contributed by atoms with Gasteiger partial charge in [0.2, 0.25) is 5.60 Å². The van der Waals surface area contributed by atoms with Crippen LogP contribution in [-0.2, 0) is 21.6 Å². The fourth-order valence-electron chi connectivity index (χ4n) is 3.56. The van der Waals surface area contributed by atoms with E-state index in [-0.39, 0.29) is 12.0 Å². The van der Waals surface area contributed by atoms with E-state index in [4.69, 9.17) is 14.2 Å². The quantitative estimate of drug-likeness (QED) is 0.395. The number of carbonyl (C=O) groups excluding carboxylic acids is 1. The van der Waals surface area contributed by atoms with E-state index in [2.05, 4.69) is 20.8 Å². The zero-order valence-corrected chi connectivity index (χ0v) is 20.6. The van der Waals surface area contributed by atoms with E-state index >= 15 is 0 Å². The Morgan fingerprint density at radius 3 is 2.18 bits per heavy atom. The van der Waals surface area contributed by atoms with Crippen molar-refractivity contribution in [3.05, 3.63) is 95.6 Å². The van der Waals surface area contributed by atoms with Gasteiger partial charge in [-0.05, 0) is 60.2 Å². The highest BCUT2D eigenvalue weighted by Gasteiger charge is 2.46. The van der Waals surface area contributed by atoms with Crippen molar-refractivity contribution in [1.29, 1.82) is 0 Å². The van der Waals surface area contributed by atoms with Crippen LogP contribution in [0.5, 0.6) is 11.5 Å². The number of benzene rings is 3. The Labute approximate surface area is 202 Å². The van der Waals surface area contributed by atoms with Crippen LogP contribution in [0.15, 0.2) is 78.9 Å². The molecule has 5 nitrogen and oxygen atoms in total. The maximum atomic E-state index is 13.0. The Bertz CT molecular complexity index is 1070. The van der Waals surface area contributed by atoms with Crippen molar-refractivity contribution in [2.24, 2.45) is 0 Å². The molecule has 0 spiro atoms. The summed E-state index contributed by atoms with van der Waals surface area (Å²) in [4.78, 5) is 13.0. The first-order chi connectivity index (χ1) is 16.1. The molecule has 0 aliphatic rings. The second kappa shape index (κ2) is 10.7. The van der Waals surface area contributed by atoms with Crippen molar-refractivity contribution in [2.75, 3.05) is 6.61 Å². The summed E-state index contributed by atoms with van der Waals surface area (Å²) in [5.74, 6) is 0.523. The van der Waals surface area contributed by atoms with Gasteiger partial charge in [0.25, 0.3) is 0 Å². The Kier molecular flexibility index (Phi) is 8.00. The summed E-state index contributed by atoms with van der Waals surface area (Å²) < 4.78 is 17.3. The van der Waals surface area contributed by atoms with Gasteiger partial charge in [-0.3, -0.25) is 0 Å². The highest BCUT2D eigenvalue weighted by molar-refractivity contribution is 5.81. The lowest BCUT2D eigenvalue weighted by atomic mass is 9.87. The maximum absolute atomic E-state index is 13.0. The molecule has 0 saturated carbocycles. The first-order valence-electron chi connectivity index (χ1n) is 11.5. The average molecular weight is 463 g/mol. The fourth-order valence-corrected chi connectivity index (χ4v) is 3.56. The molecule has 0 aromatic heterocycles. The number of aliphatic hydroxyl groups excluding tert-OH is 1. The number of carbonyl (C=O) groups is 1. The molecule has 34 heavy (non-hydrogen) atoms. The van der Waals surface area contributed by atoms with Crippen molar-refractivity contribution in [1.82, 2.24) is 0 Å². The molecule has 2 atom stereocenters. The maximum Gasteiger partial charge on any atom is 0.353 e. The summed E-state index contributed by atoms with van der Waals surface area (Å²) in [6.45, 7) is 10.2. The third kappa shape index (κ3) is 6.17. The predicted molar refractivity (Wildman–Crippen MR) is 133 cm³/mol. The zero-order chi connectivity index (χ0) is 24.8.